The predicted molar refractivity (Wildman–Crippen MR) is 99.0 cm³/mol. The second kappa shape index (κ2) is 5.46. The minimum atomic E-state index is 0.374. The highest BCUT2D eigenvalue weighted by molar-refractivity contribution is 5.98. The number of benzene rings is 3. The van der Waals surface area contributed by atoms with Crippen molar-refractivity contribution in [3.63, 3.8) is 0 Å². The molecule has 5 rings (SSSR count). The number of aromatic amines is 1. The number of imidazole rings is 1. The van der Waals surface area contributed by atoms with E-state index in [0.29, 0.717) is 6.04 Å². The van der Waals surface area contributed by atoms with Crippen molar-refractivity contribution >= 4 is 21.8 Å². The number of rotatable bonds is 2. The summed E-state index contributed by atoms with van der Waals surface area (Å²) in [6.07, 6.45) is 2.39. The Hall–Kier alpha value is -2.65. The molecule has 1 saturated heterocycles. The number of nitrogens with one attached hydrogen (secondary N) is 2. The summed E-state index contributed by atoms with van der Waals surface area (Å²) in [5, 5.41) is 6.07. The average molecular weight is 313 g/mol. The molecule has 0 aliphatic carbocycles. The topological polar surface area (TPSA) is 40.7 Å². The minimum Gasteiger partial charge on any atom is -0.341 e. The maximum atomic E-state index is 4.77. The summed E-state index contributed by atoms with van der Waals surface area (Å²) >= 11 is 0. The Morgan fingerprint density at radius 3 is 2.79 bits per heavy atom. The largest absolute Gasteiger partial charge is 0.341 e. The highest BCUT2D eigenvalue weighted by atomic mass is 15.0. The van der Waals surface area contributed by atoms with E-state index >= 15 is 0 Å². The molecule has 0 saturated carbocycles. The lowest BCUT2D eigenvalue weighted by atomic mass is 9.98. The molecule has 2 N–H and O–H groups in total. The minimum absolute atomic E-state index is 0.374. The van der Waals surface area contributed by atoms with E-state index in [-0.39, 0.29) is 0 Å². The summed E-state index contributed by atoms with van der Waals surface area (Å²) in [6.45, 7) is 1.09. The van der Waals surface area contributed by atoms with Crippen LogP contribution in [-0.4, -0.2) is 16.5 Å². The summed E-state index contributed by atoms with van der Waals surface area (Å²) < 4.78 is 0. The van der Waals surface area contributed by atoms with Gasteiger partial charge in [-0.3, -0.25) is 0 Å². The van der Waals surface area contributed by atoms with Gasteiger partial charge in [-0.15, -0.1) is 0 Å². The Labute approximate surface area is 140 Å². The first-order valence-electron chi connectivity index (χ1n) is 8.60. The fourth-order valence-corrected chi connectivity index (χ4v) is 3.76. The standard InChI is InChI=1S/C21H19N3/c1-2-7-16-14(5-1)6-3-8-17(16)15-10-11-18-20(13-15)24-21(23-18)19-9-4-12-22-19/h1-3,5-8,10-11,13,19,22H,4,9,12H2,(H,23,24)/t19-/m0/s1. The maximum absolute atomic E-state index is 4.77. The normalized spacial score (nSPS) is 17.8. The van der Waals surface area contributed by atoms with Crippen LogP contribution in [0.4, 0.5) is 0 Å². The molecule has 0 unspecified atom stereocenters. The van der Waals surface area contributed by atoms with E-state index in [1.807, 2.05) is 0 Å². The molecular formula is C21H19N3. The molecule has 1 fully saturated rings. The van der Waals surface area contributed by atoms with Crippen molar-refractivity contribution in [2.45, 2.75) is 18.9 Å². The summed E-state index contributed by atoms with van der Waals surface area (Å²) in [6, 6.07) is 21.9. The van der Waals surface area contributed by atoms with Gasteiger partial charge in [0, 0.05) is 0 Å². The molecule has 0 radical (unpaired) electrons. The van der Waals surface area contributed by atoms with Crippen molar-refractivity contribution in [3.8, 4) is 11.1 Å². The second-order valence-electron chi connectivity index (χ2n) is 6.53. The van der Waals surface area contributed by atoms with Crippen LogP contribution in [0.5, 0.6) is 0 Å². The number of H-pyrrole nitrogens is 1. The molecule has 1 aliphatic rings. The van der Waals surface area contributed by atoms with Crippen LogP contribution in [0.1, 0.15) is 24.7 Å². The van der Waals surface area contributed by atoms with Crippen molar-refractivity contribution < 1.29 is 0 Å². The van der Waals surface area contributed by atoms with Crippen LogP contribution in [0.2, 0.25) is 0 Å². The van der Waals surface area contributed by atoms with Gasteiger partial charge < -0.3 is 10.3 Å². The van der Waals surface area contributed by atoms with E-state index in [1.165, 1.54) is 28.3 Å². The fourth-order valence-electron chi connectivity index (χ4n) is 3.76. The van der Waals surface area contributed by atoms with Crippen LogP contribution < -0.4 is 5.32 Å². The second-order valence-corrected chi connectivity index (χ2v) is 6.53. The summed E-state index contributed by atoms with van der Waals surface area (Å²) in [5.74, 6) is 1.07. The van der Waals surface area contributed by atoms with Crippen molar-refractivity contribution in [2.75, 3.05) is 6.54 Å². The fraction of sp³-hybridized carbons (Fsp3) is 0.190. The lowest BCUT2D eigenvalue weighted by Crippen LogP contribution is -2.13. The molecule has 1 aliphatic heterocycles. The zero-order valence-electron chi connectivity index (χ0n) is 13.4. The predicted octanol–water partition coefficient (Wildman–Crippen LogP) is 4.81. The van der Waals surface area contributed by atoms with Gasteiger partial charge in [0.25, 0.3) is 0 Å². The number of nitrogens with zero attached hydrogens (tertiary/aromatic N) is 1. The Balaban J connectivity index is 1.64. The van der Waals surface area contributed by atoms with Crippen molar-refractivity contribution in [3.05, 3.63) is 66.5 Å². The van der Waals surface area contributed by atoms with Crippen LogP contribution in [0.15, 0.2) is 60.7 Å². The first kappa shape index (κ1) is 13.8. The molecule has 24 heavy (non-hydrogen) atoms. The molecule has 1 atom stereocenters. The molecular weight excluding hydrogens is 294 g/mol. The highest BCUT2D eigenvalue weighted by Crippen LogP contribution is 2.31. The Morgan fingerprint density at radius 1 is 0.958 bits per heavy atom. The van der Waals surface area contributed by atoms with E-state index in [0.717, 1.165) is 29.8 Å². The zero-order chi connectivity index (χ0) is 15.9. The molecule has 3 nitrogen and oxygen atoms in total. The van der Waals surface area contributed by atoms with Gasteiger partial charge in [-0.05, 0) is 53.4 Å². The first-order valence-corrected chi connectivity index (χ1v) is 8.60. The van der Waals surface area contributed by atoms with E-state index in [1.54, 1.807) is 0 Å². The summed E-state index contributed by atoms with van der Waals surface area (Å²) in [4.78, 5) is 8.30. The van der Waals surface area contributed by atoms with Crippen LogP contribution in [0.3, 0.4) is 0 Å². The Kier molecular flexibility index (Phi) is 3.13. The third-order valence-corrected chi connectivity index (χ3v) is 4.99. The van der Waals surface area contributed by atoms with Crippen molar-refractivity contribution in [1.29, 1.82) is 0 Å². The van der Waals surface area contributed by atoms with E-state index in [9.17, 15) is 0 Å². The lowest BCUT2D eigenvalue weighted by molar-refractivity contribution is 0.614. The lowest BCUT2D eigenvalue weighted by Gasteiger charge is -2.07. The molecule has 118 valence electrons. The molecule has 1 aromatic heterocycles. The third-order valence-electron chi connectivity index (χ3n) is 4.99. The van der Waals surface area contributed by atoms with E-state index < -0.39 is 0 Å². The van der Waals surface area contributed by atoms with Crippen LogP contribution >= 0.6 is 0 Å². The highest BCUT2D eigenvalue weighted by Gasteiger charge is 2.19. The molecule has 3 heteroatoms. The van der Waals surface area contributed by atoms with Gasteiger partial charge in [-0.25, -0.2) is 4.98 Å². The number of hydrogen-bond acceptors (Lipinski definition) is 2. The maximum Gasteiger partial charge on any atom is 0.124 e. The SMILES string of the molecule is c1ccc2c(-c3ccc4nc([C@@H]5CCCN5)[nH]c4c3)cccc2c1. The average Bonchev–Trinajstić information content (AvgIpc) is 3.29. The third kappa shape index (κ3) is 2.21. The molecule has 4 aromatic rings. The van der Waals surface area contributed by atoms with Crippen molar-refractivity contribution in [2.24, 2.45) is 0 Å². The number of fused-ring (bicyclic) bond motifs is 2. The molecule has 0 amide bonds. The number of hydrogen-bond donors (Lipinski definition) is 2. The first-order chi connectivity index (χ1) is 11.9. The Bertz CT molecular complexity index is 1020. The smallest absolute Gasteiger partial charge is 0.124 e. The Morgan fingerprint density at radius 2 is 1.88 bits per heavy atom. The molecule has 0 bridgehead atoms. The van der Waals surface area contributed by atoms with Gasteiger partial charge >= 0.3 is 0 Å². The van der Waals surface area contributed by atoms with Crippen LogP contribution in [0, 0.1) is 0 Å². The van der Waals surface area contributed by atoms with Crippen LogP contribution in [0.25, 0.3) is 32.9 Å². The van der Waals surface area contributed by atoms with Gasteiger partial charge in [0.1, 0.15) is 5.82 Å². The zero-order valence-corrected chi connectivity index (χ0v) is 13.4. The van der Waals surface area contributed by atoms with Gasteiger partial charge in [0.05, 0.1) is 17.1 Å². The van der Waals surface area contributed by atoms with Crippen LogP contribution in [-0.2, 0) is 0 Å². The number of aromatic nitrogens is 2. The monoisotopic (exact) mass is 313 g/mol. The van der Waals surface area contributed by atoms with E-state index in [4.69, 9.17) is 4.98 Å². The quantitative estimate of drug-likeness (QED) is 0.557. The molecule has 3 aromatic carbocycles. The van der Waals surface area contributed by atoms with Gasteiger partial charge in [0.15, 0.2) is 0 Å². The summed E-state index contributed by atoms with van der Waals surface area (Å²) in [5.41, 5.74) is 4.66. The van der Waals surface area contributed by atoms with Gasteiger partial charge in [-0.2, -0.15) is 0 Å². The molecule has 2 heterocycles. The molecule has 0 spiro atoms. The van der Waals surface area contributed by atoms with Gasteiger partial charge in [-0.1, -0.05) is 48.5 Å². The van der Waals surface area contributed by atoms with Gasteiger partial charge in [0.2, 0.25) is 0 Å². The van der Waals surface area contributed by atoms with E-state index in [2.05, 4.69) is 71.0 Å². The summed E-state index contributed by atoms with van der Waals surface area (Å²) in [7, 11) is 0. The van der Waals surface area contributed by atoms with Crippen molar-refractivity contribution in [1.82, 2.24) is 15.3 Å².